The molecule has 30 heavy (non-hydrogen) atoms. The van der Waals surface area contributed by atoms with E-state index in [4.69, 9.17) is 28.2 Å². The Kier molecular flexibility index (Phi) is 5.42. The fraction of sp³-hybridized carbons (Fsp3) is 0. The first kappa shape index (κ1) is 20.3. The molecule has 1 aromatic heterocycles. The van der Waals surface area contributed by atoms with E-state index in [2.05, 4.69) is 0 Å². The molecule has 1 saturated heterocycles. The molecular weight excluding hydrogens is 451 g/mol. The zero-order valence-electron chi connectivity index (χ0n) is 14.9. The number of carbonyl (C=O) groups excluding carboxylic acids is 1. The molecule has 0 bridgehead atoms. The monoisotopic (exact) mass is 460 g/mol. The number of rotatable bonds is 4. The van der Waals surface area contributed by atoms with E-state index in [0.717, 1.165) is 11.8 Å². The standard InChI is InChI=1S/C20H10ClFN2O4S2/c21-15-6-4-11(8-16(15)24(26)27)17-7-5-14(28-17)10-18-19(25)23(20(29)30-18)13-3-1-2-12(22)9-13/h1-10H/b18-10-. The summed E-state index contributed by atoms with van der Waals surface area (Å²) in [6.07, 6.45) is 1.52. The summed E-state index contributed by atoms with van der Waals surface area (Å²) in [5.41, 5.74) is 0.579. The Morgan fingerprint density at radius 3 is 2.73 bits per heavy atom. The number of halogens is 2. The third kappa shape index (κ3) is 3.87. The Morgan fingerprint density at radius 2 is 2.00 bits per heavy atom. The maximum atomic E-state index is 13.5. The van der Waals surface area contributed by atoms with Crippen LogP contribution in [0.5, 0.6) is 0 Å². The van der Waals surface area contributed by atoms with Gasteiger partial charge in [0.1, 0.15) is 22.4 Å². The van der Waals surface area contributed by atoms with Crippen molar-refractivity contribution >= 4 is 63.3 Å². The van der Waals surface area contributed by atoms with Gasteiger partial charge in [-0.1, -0.05) is 41.6 Å². The number of furan rings is 1. The maximum Gasteiger partial charge on any atom is 0.288 e. The maximum absolute atomic E-state index is 13.5. The van der Waals surface area contributed by atoms with Crippen molar-refractivity contribution in [3.05, 3.63) is 86.2 Å². The number of benzene rings is 2. The largest absolute Gasteiger partial charge is 0.457 e. The molecule has 0 spiro atoms. The molecule has 0 saturated carbocycles. The van der Waals surface area contributed by atoms with Crippen molar-refractivity contribution in [3.8, 4) is 11.3 Å². The minimum atomic E-state index is -0.576. The van der Waals surface area contributed by atoms with Crippen molar-refractivity contribution in [1.29, 1.82) is 0 Å². The highest BCUT2D eigenvalue weighted by Crippen LogP contribution is 2.37. The van der Waals surface area contributed by atoms with Crippen LogP contribution < -0.4 is 4.90 Å². The van der Waals surface area contributed by atoms with Gasteiger partial charge >= 0.3 is 0 Å². The first-order chi connectivity index (χ1) is 14.3. The minimum absolute atomic E-state index is 0.0246. The number of nitrogens with zero attached hydrogens (tertiary/aromatic N) is 2. The molecule has 4 rings (SSSR count). The highest BCUT2D eigenvalue weighted by atomic mass is 35.5. The lowest BCUT2D eigenvalue weighted by Gasteiger charge is -2.14. The number of thioether (sulfide) groups is 1. The topological polar surface area (TPSA) is 76.6 Å². The van der Waals surface area contributed by atoms with E-state index in [1.165, 1.54) is 41.3 Å². The van der Waals surface area contributed by atoms with Crippen LogP contribution >= 0.6 is 35.6 Å². The number of nitro groups is 1. The van der Waals surface area contributed by atoms with Gasteiger partial charge in [0.25, 0.3) is 11.6 Å². The fourth-order valence-electron chi connectivity index (χ4n) is 2.83. The van der Waals surface area contributed by atoms with Crippen molar-refractivity contribution in [2.45, 2.75) is 0 Å². The predicted molar refractivity (Wildman–Crippen MR) is 118 cm³/mol. The number of amides is 1. The number of carbonyl (C=O) groups is 1. The number of nitro benzene ring substituents is 1. The van der Waals surface area contributed by atoms with Gasteiger partial charge in [-0.2, -0.15) is 0 Å². The van der Waals surface area contributed by atoms with Crippen LogP contribution in [0.4, 0.5) is 15.8 Å². The van der Waals surface area contributed by atoms with Gasteiger partial charge in [0.15, 0.2) is 4.32 Å². The van der Waals surface area contributed by atoms with Gasteiger partial charge in [-0.05, 0) is 42.5 Å². The molecule has 6 nitrogen and oxygen atoms in total. The lowest BCUT2D eigenvalue weighted by atomic mass is 10.1. The van der Waals surface area contributed by atoms with Crippen LogP contribution in [0.25, 0.3) is 17.4 Å². The average molecular weight is 461 g/mol. The normalized spacial score (nSPS) is 15.3. The first-order valence-corrected chi connectivity index (χ1v) is 10.0. The molecule has 0 atom stereocenters. The molecule has 150 valence electrons. The van der Waals surface area contributed by atoms with Gasteiger partial charge in [-0.3, -0.25) is 19.8 Å². The summed E-state index contributed by atoms with van der Waals surface area (Å²) >= 11 is 12.2. The van der Waals surface area contributed by atoms with Gasteiger partial charge in [-0.25, -0.2) is 4.39 Å². The molecule has 0 N–H and O–H groups in total. The summed E-state index contributed by atoms with van der Waals surface area (Å²) in [5.74, 6) is -0.127. The van der Waals surface area contributed by atoms with Crippen molar-refractivity contribution in [2.75, 3.05) is 4.90 Å². The molecule has 0 aliphatic carbocycles. The predicted octanol–water partition coefficient (Wildman–Crippen LogP) is 6.05. The van der Waals surface area contributed by atoms with E-state index in [9.17, 15) is 19.3 Å². The van der Waals surface area contributed by atoms with E-state index in [1.807, 2.05) is 0 Å². The third-order valence-corrected chi connectivity index (χ3v) is 5.81. The molecule has 2 aromatic carbocycles. The van der Waals surface area contributed by atoms with Gasteiger partial charge in [0.05, 0.1) is 15.5 Å². The molecule has 0 radical (unpaired) electrons. The zero-order chi connectivity index (χ0) is 21.4. The van der Waals surface area contributed by atoms with E-state index in [-0.39, 0.29) is 15.0 Å². The fourth-order valence-corrected chi connectivity index (χ4v) is 4.29. The highest BCUT2D eigenvalue weighted by molar-refractivity contribution is 8.27. The highest BCUT2D eigenvalue weighted by Gasteiger charge is 2.33. The smallest absolute Gasteiger partial charge is 0.288 e. The van der Waals surface area contributed by atoms with Crippen LogP contribution in [0.1, 0.15) is 5.76 Å². The summed E-state index contributed by atoms with van der Waals surface area (Å²) < 4.78 is 19.5. The summed E-state index contributed by atoms with van der Waals surface area (Å²) in [4.78, 5) is 24.8. The first-order valence-electron chi connectivity index (χ1n) is 8.41. The second-order valence-electron chi connectivity index (χ2n) is 6.12. The average Bonchev–Trinajstić information content (AvgIpc) is 3.26. The SMILES string of the molecule is O=C1/C(=C/c2ccc(-c3ccc(Cl)c([N+](=O)[O-])c3)o2)SC(=S)N1c1cccc(F)c1. The molecule has 3 aromatic rings. The molecule has 2 heterocycles. The van der Waals surface area contributed by atoms with Crippen LogP contribution in [0.3, 0.4) is 0 Å². The van der Waals surface area contributed by atoms with Crippen molar-refractivity contribution in [1.82, 2.24) is 0 Å². The number of hydrogen-bond donors (Lipinski definition) is 0. The Balaban J connectivity index is 1.62. The van der Waals surface area contributed by atoms with Gasteiger partial charge < -0.3 is 4.42 Å². The molecular formula is C20H10ClFN2O4S2. The number of thiocarbonyl (C=S) groups is 1. The summed E-state index contributed by atoms with van der Waals surface area (Å²) in [5, 5.41) is 11.1. The van der Waals surface area contributed by atoms with E-state index < -0.39 is 16.6 Å². The second kappa shape index (κ2) is 8.02. The van der Waals surface area contributed by atoms with Crippen molar-refractivity contribution in [2.24, 2.45) is 0 Å². The molecule has 1 aliphatic heterocycles. The van der Waals surface area contributed by atoms with Crippen LogP contribution in [-0.4, -0.2) is 15.2 Å². The quantitative estimate of drug-likeness (QED) is 0.204. The van der Waals surface area contributed by atoms with Gasteiger partial charge in [-0.15, -0.1) is 0 Å². The van der Waals surface area contributed by atoms with Crippen LogP contribution in [0, 0.1) is 15.9 Å². The van der Waals surface area contributed by atoms with Crippen LogP contribution in [0.2, 0.25) is 5.02 Å². The minimum Gasteiger partial charge on any atom is -0.457 e. The molecule has 1 amide bonds. The molecule has 1 fully saturated rings. The summed E-state index contributed by atoms with van der Waals surface area (Å²) in [6.45, 7) is 0. The third-order valence-electron chi connectivity index (χ3n) is 4.19. The van der Waals surface area contributed by atoms with Crippen LogP contribution in [-0.2, 0) is 4.79 Å². The number of anilines is 1. The lowest BCUT2D eigenvalue weighted by molar-refractivity contribution is -0.384. The lowest BCUT2D eigenvalue weighted by Crippen LogP contribution is -2.27. The molecule has 0 unspecified atom stereocenters. The summed E-state index contributed by atoms with van der Waals surface area (Å²) in [6, 6.07) is 13.2. The number of hydrogen-bond acceptors (Lipinski definition) is 6. The van der Waals surface area contributed by atoms with Crippen molar-refractivity contribution < 1.29 is 18.5 Å². The van der Waals surface area contributed by atoms with Crippen molar-refractivity contribution in [3.63, 3.8) is 0 Å². The zero-order valence-corrected chi connectivity index (χ0v) is 17.3. The van der Waals surface area contributed by atoms with Gasteiger partial charge in [0.2, 0.25) is 0 Å². The Bertz CT molecular complexity index is 1240. The Labute approximate surface area is 184 Å². The van der Waals surface area contributed by atoms with E-state index >= 15 is 0 Å². The molecule has 10 heteroatoms. The van der Waals surface area contributed by atoms with E-state index in [1.54, 1.807) is 24.3 Å². The Hall–Kier alpha value is -3.01. The summed E-state index contributed by atoms with van der Waals surface area (Å²) in [7, 11) is 0. The molecule has 1 aliphatic rings. The second-order valence-corrected chi connectivity index (χ2v) is 8.21. The van der Waals surface area contributed by atoms with E-state index in [0.29, 0.717) is 27.7 Å². The Morgan fingerprint density at radius 1 is 1.20 bits per heavy atom. The van der Waals surface area contributed by atoms with Gasteiger partial charge in [0, 0.05) is 17.7 Å². The van der Waals surface area contributed by atoms with Crippen LogP contribution in [0.15, 0.2) is 63.9 Å².